The van der Waals surface area contributed by atoms with Crippen LogP contribution in [0, 0.1) is 10.1 Å². The van der Waals surface area contributed by atoms with Gasteiger partial charge in [-0.05, 0) is 12.1 Å². The van der Waals surface area contributed by atoms with E-state index >= 15 is 0 Å². The summed E-state index contributed by atoms with van der Waals surface area (Å²) in [7, 11) is 0. The first-order chi connectivity index (χ1) is 7.02. The van der Waals surface area contributed by atoms with Crippen LogP contribution in [0.4, 0.5) is 5.69 Å². The number of carbonyl (C=O) groups is 1. The van der Waals surface area contributed by atoms with Gasteiger partial charge >= 0.3 is 11.7 Å². The number of carboxylic acids is 1. The largest absolute Gasteiger partial charge is 0.488 e. The molecule has 0 aliphatic heterocycles. The maximum Gasteiger partial charge on any atom is 0.337 e. The van der Waals surface area contributed by atoms with Gasteiger partial charge in [0, 0.05) is 12.3 Å². The fourth-order valence-electron chi connectivity index (χ4n) is 0.940. The van der Waals surface area contributed by atoms with E-state index in [1.54, 1.807) is 0 Å². The van der Waals surface area contributed by atoms with Gasteiger partial charge in [-0.25, -0.2) is 9.78 Å². The summed E-state index contributed by atoms with van der Waals surface area (Å²) in [4.78, 5) is 23.2. The zero-order valence-electron chi connectivity index (χ0n) is 7.32. The topological polar surface area (TPSA) is 114 Å². The third-order valence-corrected chi connectivity index (χ3v) is 1.52. The number of carboxylic acid groups (broad SMARTS) is 1. The molecule has 78 valence electrons. The van der Waals surface area contributed by atoms with Crippen LogP contribution in [-0.2, 0) is 4.79 Å². The summed E-state index contributed by atoms with van der Waals surface area (Å²) in [5.41, 5.74) is -0.634. The quantitative estimate of drug-likeness (QED) is 0.433. The normalized spacial score (nSPS) is 10.4. The Balaban J connectivity index is 3.23. The highest BCUT2D eigenvalue weighted by Crippen LogP contribution is 2.27. The number of hydrogen-bond donors (Lipinski definition) is 2. The number of aromatic nitrogens is 1. The minimum Gasteiger partial charge on any atom is -0.488 e. The van der Waals surface area contributed by atoms with Crippen LogP contribution in [0.15, 0.2) is 18.3 Å². The molecule has 0 unspecified atom stereocenters. The monoisotopic (exact) mass is 210 g/mol. The van der Waals surface area contributed by atoms with Gasteiger partial charge in [0.05, 0.1) is 10.5 Å². The van der Waals surface area contributed by atoms with Gasteiger partial charge in [-0.2, -0.15) is 0 Å². The number of nitro groups is 1. The second-order valence-corrected chi connectivity index (χ2v) is 2.50. The van der Waals surface area contributed by atoms with Crippen molar-refractivity contribution in [2.75, 3.05) is 0 Å². The van der Waals surface area contributed by atoms with Crippen molar-refractivity contribution >= 4 is 17.7 Å². The van der Waals surface area contributed by atoms with Crippen molar-refractivity contribution < 1.29 is 19.9 Å². The number of aromatic hydroxyl groups is 1. The number of hydrogen-bond acceptors (Lipinski definition) is 5. The molecular weight excluding hydrogens is 204 g/mol. The molecule has 0 radical (unpaired) electrons. The van der Waals surface area contributed by atoms with Crippen LogP contribution in [0.1, 0.15) is 5.56 Å². The molecule has 1 aromatic heterocycles. The Morgan fingerprint density at radius 3 is 2.80 bits per heavy atom. The second kappa shape index (κ2) is 4.18. The van der Waals surface area contributed by atoms with Crippen molar-refractivity contribution in [2.24, 2.45) is 0 Å². The summed E-state index contributed by atoms with van der Waals surface area (Å²) < 4.78 is 0. The molecule has 1 heterocycles. The van der Waals surface area contributed by atoms with E-state index in [2.05, 4.69) is 4.98 Å². The van der Waals surface area contributed by atoms with E-state index in [0.29, 0.717) is 0 Å². The number of nitrogens with zero attached hydrogens (tertiary/aromatic N) is 2. The Bertz CT molecular complexity index is 441. The molecule has 2 N–H and O–H groups in total. The predicted molar refractivity (Wildman–Crippen MR) is 49.2 cm³/mol. The van der Waals surface area contributed by atoms with Gasteiger partial charge in [0.1, 0.15) is 0 Å². The lowest BCUT2D eigenvalue weighted by Gasteiger charge is -1.97. The van der Waals surface area contributed by atoms with Gasteiger partial charge in [0.2, 0.25) is 0 Å². The predicted octanol–water partition coefficient (Wildman–Crippen LogP) is 0.793. The van der Waals surface area contributed by atoms with Crippen molar-refractivity contribution in [3.8, 4) is 5.88 Å². The Morgan fingerprint density at radius 2 is 2.27 bits per heavy atom. The Morgan fingerprint density at radius 1 is 1.60 bits per heavy atom. The Hall–Kier alpha value is -2.44. The maximum atomic E-state index is 10.5. The molecule has 0 bridgehead atoms. The molecule has 7 heteroatoms. The zero-order chi connectivity index (χ0) is 11.4. The summed E-state index contributed by atoms with van der Waals surface area (Å²) >= 11 is 0. The molecule has 7 nitrogen and oxygen atoms in total. The molecule has 0 atom stereocenters. The van der Waals surface area contributed by atoms with Crippen LogP contribution < -0.4 is 0 Å². The summed E-state index contributed by atoms with van der Waals surface area (Å²) in [5, 5.41) is 27.9. The fraction of sp³-hybridized carbons (Fsp3) is 0. The van der Waals surface area contributed by atoms with Crippen LogP contribution in [0.3, 0.4) is 0 Å². The number of aliphatic carboxylic acids is 1. The molecule has 15 heavy (non-hydrogen) atoms. The van der Waals surface area contributed by atoms with Crippen LogP contribution in [0.2, 0.25) is 0 Å². The first kappa shape index (κ1) is 10.6. The van der Waals surface area contributed by atoms with Crippen LogP contribution in [0.25, 0.3) is 6.08 Å². The van der Waals surface area contributed by atoms with Crippen LogP contribution in [-0.4, -0.2) is 26.1 Å². The summed E-state index contributed by atoms with van der Waals surface area (Å²) in [5.74, 6) is -1.98. The third kappa shape index (κ3) is 2.50. The molecule has 0 aliphatic rings. The summed E-state index contributed by atoms with van der Waals surface area (Å²) in [6.07, 6.45) is 2.90. The van der Waals surface area contributed by atoms with E-state index in [0.717, 1.165) is 18.3 Å². The van der Waals surface area contributed by atoms with Gasteiger partial charge in [-0.15, -0.1) is 0 Å². The molecule has 0 saturated heterocycles. The van der Waals surface area contributed by atoms with E-state index < -0.39 is 22.5 Å². The smallest absolute Gasteiger partial charge is 0.337 e. The van der Waals surface area contributed by atoms with Crippen molar-refractivity contribution in [3.05, 3.63) is 34.0 Å². The average molecular weight is 210 g/mol. The zero-order valence-corrected chi connectivity index (χ0v) is 7.32. The molecule has 1 rings (SSSR count). The van der Waals surface area contributed by atoms with E-state index in [1.807, 2.05) is 0 Å². The SMILES string of the molecule is O=C(O)C=Cc1ccnc(O)c1[N+](=O)[O-]. The van der Waals surface area contributed by atoms with Gasteiger partial charge in [0.25, 0.3) is 5.88 Å². The molecule has 0 spiro atoms. The highest BCUT2D eigenvalue weighted by Gasteiger charge is 2.18. The molecular formula is C8H6N2O5. The van der Waals surface area contributed by atoms with Gasteiger partial charge in [-0.1, -0.05) is 0 Å². The average Bonchev–Trinajstić information content (AvgIpc) is 2.13. The number of rotatable bonds is 3. The minimum absolute atomic E-state index is 0.0186. The lowest BCUT2D eigenvalue weighted by Crippen LogP contribution is -1.94. The molecule has 1 aromatic rings. The highest BCUT2D eigenvalue weighted by molar-refractivity contribution is 5.86. The fourth-order valence-corrected chi connectivity index (χ4v) is 0.940. The van der Waals surface area contributed by atoms with Crippen molar-refractivity contribution in [2.45, 2.75) is 0 Å². The molecule has 0 aliphatic carbocycles. The lowest BCUT2D eigenvalue weighted by molar-refractivity contribution is -0.386. The first-order valence-corrected chi connectivity index (χ1v) is 3.75. The van der Waals surface area contributed by atoms with Crippen molar-refractivity contribution in [3.63, 3.8) is 0 Å². The van der Waals surface area contributed by atoms with Gasteiger partial charge in [-0.3, -0.25) is 10.1 Å². The third-order valence-electron chi connectivity index (χ3n) is 1.52. The van der Waals surface area contributed by atoms with E-state index in [-0.39, 0.29) is 5.56 Å². The highest BCUT2D eigenvalue weighted by atomic mass is 16.6. The Kier molecular flexibility index (Phi) is 2.97. The van der Waals surface area contributed by atoms with Crippen LogP contribution in [0.5, 0.6) is 5.88 Å². The summed E-state index contributed by atoms with van der Waals surface area (Å²) in [6, 6.07) is 1.23. The summed E-state index contributed by atoms with van der Waals surface area (Å²) in [6.45, 7) is 0. The van der Waals surface area contributed by atoms with Crippen LogP contribution >= 0.6 is 0 Å². The molecule has 0 fully saturated rings. The lowest BCUT2D eigenvalue weighted by atomic mass is 10.2. The molecule has 0 amide bonds. The van der Waals surface area contributed by atoms with Gasteiger partial charge < -0.3 is 10.2 Å². The standard InChI is InChI=1S/C8H6N2O5/c11-6(12)2-1-5-3-4-9-8(13)7(5)10(14)15/h1-4H,(H,9,13)(H,11,12). The maximum absolute atomic E-state index is 10.5. The second-order valence-electron chi connectivity index (χ2n) is 2.50. The molecule has 0 aromatic carbocycles. The van der Waals surface area contributed by atoms with E-state index in [1.165, 1.54) is 6.07 Å². The minimum atomic E-state index is -1.24. The van der Waals surface area contributed by atoms with Gasteiger partial charge in [0.15, 0.2) is 0 Å². The van der Waals surface area contributed by atoms with Crippen molar-refractivity contribution in [1.29, 1.82) is 0 Å². The van der Waals surface area contributed by atoms with E-state index in [4.69, 9.17) is 10.2 Å². The Labute approximate surface area is 83.5 Å². The van der Waals surface area contributed by atoms with E-state index in [9.17, 15) is 14.9 Å². The van der Waals surface area contributed by atoms with Crippen molar-refractivity contribution in [1.82, 2.24) is 4.98 Å². The number of pyridine rings is 1. The first-order valence-electron chi connectivity index (χ1n) is 3.75. The molecule has 0 saturated carbocycles.